The zero-order valence-corrected chi connectivity index (χ0v) is 17.6. The minimum atomic E-state index is -0.0191. The molecule has 5 rings (SSSR count). The van der Waals surface area contributed by atoms with Gasteiger partial charge in [-0.25, -0.2) is 0 Å². The van der Waals surface area contributed by atoms with Crippen LogP contribution in [0.4, 0.5) is 0 Å². The Bertz CT molecular complexity index is 554. The van der Waals surface area contributed by atoms with Crippen molar-refractivity contribution in [2.45, 2.75) is 96.6 Å². The number of fused-ring (bicyclic) bond motifs is 5. The van der Waals surface area contributed by atoms with Gasteiger partial charge in [0.1, 0.15) is 0 Å². The molecule has 4 saturated carbocycles. The highest BCUT2D eigenvalue weighted by Crippen LogP contribution is 2.66. The molecule has 2 heteroatoms. The second kappa shape index (κ2) is 5.96. The third-order valence-corrected chi connectivity index (χ3v) is 11.1. The first-order valence-electron chi connectivity index (χ1n) is 11.9. The van der Waals surface area contributed by atoms with E-state index in [9.17, 15) is 5.11 Å². The minimum absolute atomic E-state index is 0.0191. The lowest BCUT2D eigenvalue weighted by molar-refractivity contribution is -0.924. The smallest absolute Gasteiger partial charge is 0.0891 e. The maximum Gasteiger partial charge on any atom is 0.0891 e. The first kappa shape index (κ1) is 18.0. The molecular formula is C24H42NO+. The van der Waals surface area contributed by atoms with E-state index in [4.69, 9.17) is 0 Å². The molecule has 26 heavy (non-hydrogen) atoms. The number of rotatable bonds is 1. The number of hydrogen-bond donors (Lipinski definition) is 1. The summed E-state index contributed by atoms with van der Waals surface area (Å²) in [5.74, 6) is 3.67. The Kier molecular flexibility index (Phi) is 4.12. The van der Waals surface area contributed by atoms with Crippen molar-refractivity contribution in [2.24, 2.45) is 34.5 Å². The first-order valence-corrected chi connectivity index (χ1v) is 11.9. The average molecular weight is 361 g/mol. The van der Waals surface area contributed by atoms with Crippen molar-refractivity contribution in [1.82, 2.24) is 0 Å². The van der Waals surface area contributed by atoms with E-state index in [0.29, 0.717) is 5.41 Å². The Hall–Kier alpha value is -0.0800. The van der Waals surface area contributed by atoms with Gasteiger partial charge in [0, 0.05) is 19.3 Å². The first-order chi connectivity index (χ1) is 12.4. The van der Waals surface area contributed by atoms with Gasteiger partial charge in [0.05, 0.1) is 32.3 Å². The number of hydrogen-bond acceptors (Lipinski definition) is 1. The Balaban J connectivity index is 1.36. The molecule has 0 aromatic carbocycles. The van der Waals surface area contributed by atoms with Crippen LogP contribution in [0.3, 0.4) is 0 Å². The molecule has 1 N–H and O–H groups in total. The third kappa shape index (κ3) is 2.36. The number of aliphatic hydroxyl groups excluding tert-OH is 1. The van der Waals surface area contributed by atoms with Crippen LogP contribution in [0.25, 0.3) is 0 Å². The van der Waals surface area contributed by atoms with E-state index in [1.807, 2.05) is 0 Å². The Morgan fingerprint density at radius 2 is 1.50 bits per heavy atom. The van der Waals surface area contributed by atoms with Gasteiger partial charge in [0.2, 0.25) is 0 Å². The van der Waals surface area contributed by atoms with Gasteiger partial charge >= 0.3 is 0 Å². The second-order valence-corrected chi connectivity index (χ2v) is 11.9. The zero-order chi connectivity index (χ0) is 18.2. The standard InChI is InChI=1S/C24H42NO/c1-23-12-10-18(25(3)14-4-5-15-25)16-17(23)6-7-19-20-8-9-22(26)24(20,2)13-11-21(19)23/h17-22,26H,4-16H2,1-3H3/q+1. The Morgan fingerprint density at radius 3 is 2.27 bits per heavy atom. The predicted molar refractivity (Wildman–Crippen MR) is 107 cm³/mol. The van der Waals surface area contributed by atoms with E-state index < -0.39 is 0 Å². The molecule has 1 aliphatic heterocycles. The molecule has 5 fully saturated rings. The van der Waals surface area contributed by atoms with Gasteiger partial charge in [0.25, 0.3) is 0 Å². The highest BCUT2D eigenvalue weighted by Gasteiger charge is 2.61. The summed E-state index contributed by atoms with van der Waals surface area (Å²) in [6.45, 7) is 8.01. The molecule has 5 aliphatic rings. The molecule has 2 nitrogen and oxygen atoms in total. The average Bonchev–Trinajstić information content (AvgIpc) is 3.19. The van der Waals surface area contributed by atoms with Crippen LogP contribution >= 0.6 is 0 Å². The molecule has 0 aromatic heterocycles. The summed E-state index contributed by atoms with van der Waals surface area (Å²) in [6.07, 6.45) is 15.4. The highest BCUT2D eigenvalue weighted by molar-refractivity contribution is 5.09. The summed E-state index contributed by atoms with van der Waals surface area (Å²) in [6, 6.07) is 0.953. The predicted octanol–water partition coefficient (Wildman–Crippen LogP) is 5.00. The molecule has 0 amide bonds. The number of quaternary nitrogens is 1. The summed E-state index contributed by atoms with van der Waals surface area (Å²) < 4.78 is 1.40. The van der Waals surface area contributed by atoms with Gasteiger partial charge in [-0.3, -0.25) is 0 Å². The molecule has 1 saturated heterocycles. The lowest BCUT2D eigenvalue weighted by Crippen LogP contribution is -2.58. The fraction of sp³-hybridized carbons (Fsp3) is 1.00. The summed E-state index contributed by atoms with van der Waals surface area (Å²) >= 11 is 0. The van der Waals surface area contributed by atoms with Crippen LogP contribution in [-0.2, 0) is 0 Å². The molecule has 148 valence electrons. The largest absolute Gasteiger partial charge is 0.393 e. The van der Waals surface area contributed by atoms with Crippen molar-refractivity contribution in [3.63, 3.8) is 0 Å². The summed E-state index contributed by atoms with van der Waals surface area (Å²) in [4.78, 5) is 0. The summed E-state index contributed by atoms with van der Waals surface area (Å²) in [5.41, 5.74) is 0.850. The number of aliphatic hydroxyl groups is 1. The van der Waals surface area contributed by atoms with Gasteiger partial charge < -0.3 is 9.59 Å². The van der Waals surface area contributed by atoms with Crippen LogP contribution in [0.5, 0.6) is 0 Å². The summed E-state index contributed by atoms with van der Waals surface area (Å²) in [7, 11) is 2.57. The monoisotopic (exact) mass is 360 g/mol. The fourth-order valence-corrected chi connectivity index (χ4v) is 9.20. The van der Waals surface area contributed by atoms with E-state index >= 15 is 0 Å². The number of likely N-dealkylation sites (tertiary alicyclic amines) is 1. The lowest BCUT2D eigenvalue weighted by Gasteiger charge is -2.61. The molecular weight excluding hydrogens is 318 g/mol. The van der Waals surface area contributed by atoms with Gasteiger partial charge in [-0.05, 0) is 85.9 Å². The van der Waals surface area contributed by atoms with Crippen molar-refractivity contribution in [1.29, 1.82) is 0 Å². The fourth-order valence-electron chi connectivity index (χ4n) is 9.20. The van der Waals surface area contributed by atoms with Crippen LogP contribution in [-0.4, -0.2) is 41.9 Å². The van der Waals surface area contributed by atoms with Gasteiger partial charge in [-0.1, -0.05) is 13.8 Å². The topological polar surface area (TPSA) is 20.2 Å². The molecule has 8 unspecified atom stereocenters. The van der Waals surface area contributed by atoms with Crippen LogP contribution in [0, 0.1) is 34.5 Å². The minimum Gasteiger partial charge on any atom is -0.393 e. The molecule has 8 atom stereocenters. The van der Waals surface area contributed by atoms with E-state index in [1.165, 1.54) is 81.8 Å². The SMILES string of the molecule is CC12CCC3C(CCC4CC([N+]5(C)CCCC5)CCC43C)C1CCC2O. The van der Waals surface area contributed by atoms with Crippen LogP contribution in [0.15, 0.2) is 0 Å². The van der Waals surface area contributed by atoms with Crippen LogP contribution in [0.1, 0.15) is 84.5 Å². The van der Waals surface area contributed by atoms with E-state index in [1.54, 1.807) is 0 Å². The molecule has 0 radical (unpaired) electrons. The maximum absolute atomic E-state index is 10.7. The van der Waals surface area contributed by atoms with Crippen molar-refractivity contribution in [3.8, 4) is 0 Å². The molecule has 0 spiro atoms. The molecule has 0 bridgehead atoms. The van der Waals surface area contributed by atoms with Crippen molar-refractivity contribution in [2.75, 3.05) is 20.1 Å². The summed E-state index contributed by atoms with van der Waals surface area (Å²) in [5, 5.41) is 10.7. The number of nitrogens with zero attached hydrogens (tertiary/aromatic N) is 1. The Morgan fingerprint density at radius 1 is 0.808 bits per heavy atom. The highest BCUT2D eigenvalue weighted by atomic mass is 16.3. The van der Waals surface area contributed by atoms with Crippen molar-refractivity contribution in [3.05, 3.63) is 0 Å². The molecule has 0 aromatic rings. The normalized spacial score (nSPS) is 55.8. The van der Waals surface area contributed by atoms with Gasteiger partial charge in [0.15, 0.2) is 0 Å². The van der Waals surface area contributed by atoms with Gasteiger partial charge in [-0.2, -0.15) is 0 Å². The maximum atomic E-state index is 10.7. The quantitative estimate of drug-likeness (QED) is 0.653. The lowest BCUT2D eigenvalue weighted by atomic mass is 9.45. The molecule has 1 heterocycles. The molecule has 4 aliphatic carbocycles. The van der Waals surface area contributed by atoms with Crippen LogP contribution < -0.4 is 0 Å². The zero-order valence-electron chi connectivity index (χ0n) is 17.6. The second-order valence-electron chi connectivity index (χ2n) is 11.9. The van der Waals surface area contributed by atoms with E-state index in [2.05, 4.69) is 20.9 Å². The van der Waals surface area contributed by atoms with Crippen molar-refractivity contribution < 1.29 is 9.59 Å². The van der Waals surface area contributed by atoms with Crippen LogP contribution in [0.2, 0.25) is 0 Å². The van der Waals surface area contributed by atoms with Crippen molar-refractivity contribution >= 4 is 0 Å². The van der Waals surface area contributed by atoms with Gasteiger partial charge in [-0.15, -0.1) is 0 Å². The van der Waals surface area contributed by atoms with E-state index in [0.717, 1.165) is 36.1 Å². The third-order valence-electron chi connectivity index (χ3n) is 11.1. The Labute approximate surface area is 161 Å². The van der Waals surface area contributed by atoms with E-state index in [-0.39, 0.29) is 11.5 Å².